The van der Waals surface area contributed by atoms with Crippen LogP contribution in [0.4, 0.5) is 4.39 Å². The molecule has 0 aliphatic rings. The largest absolute Gasteiger partial charge is 0.384 e. The maximum Gasteiger partial charge on any atom is 0.262 e. The molecule has 0 unspecified atom stereocenters. The predicted octanol–water partition coefficient (Wildman–Crippen LogP) is 1.72. The quantitative estimate of drug-likeness (QED) is 0.712. The van der Waals surface area contributed by atoms with Gasteiger partial charge in [-0.1, -0.05) is 11.2 Å². The van der Waals surface area contributed by atoms with Crippen LogP contribution in [0.1, 0.15) is 24.7 Å². The van der Waals surface area contributed by atoms with Crippen LogP contribution in [-0.4, -0.2) is 33.4 Å². The Bertz CT molecular complexity index is 890. The Morgan fingerprint density at radius 3 is 3.04 bits per heavy atom. The lowest BCUT2D eigenvalue weighted by atomic mass is 10.2. The summed E-state index contributed by atoms with van der Waals surface area (Å²) in [4.78, 5) is 20.8. The van der Waals surface area contributed by atoms with Crippen LogP contribution in [0.5, 0.6) is 0 Å². The lowest BCUT2D eigenvalue weighted by Gasteiger charge is -2.11. The fourth-order valence-corrected chi connectivity index (χ4v) is 2.26. The zero-order chi connectivity index (χ0) is 16.4. The second-order valence-corrected chi connectivity index (χ2v) is 5.06. The summed E-state index contributed by atoms with van der Waals surface area (Å²) in [5, 5.41) is 4.05. The van der Waals surface area contributed by atoms with Gasteiger partial charge in [0.05, 0.1) is 18.3 Å². The van der Waals surface area contributed by atoms with Crippen molar-refractivity contribution in [2.45, 2.75) is 19.4 Å². The number of benzene rings is 1. The average molecular weight is 318 g/mol. The molecule has 1 atom stereocenters. The van der Waals surface area contributed by atoms with Gasteiger partial charge in [-0.2, -0.15) is 4.98 Å². The van der Waals surface area contributed by atoms with E-state index in [0.29, 0.717) is 18.9 Å². The summed E-state index contributed by atoms with van der Waals surface area (Å²) in [5.41, 5.74) is -0.314. The number of ether oxygens (including phenoxy) is 1. The van der Waals surface area contributed by atoms with Crippen LogP contribution in [0, 0.1) is 5.82 Å². The molecule has 0 fully saturated rings. The minimum atomic E-state index is -0.529. The lowest BCUT2D eigenvalue weighted by Crippen LogP contribution is -2.24. The van der Waals surface area contributed by atoms with Gasteiger partial charge in [0.1, 0.15) is 17.4 Å². The summed E-state index contributed by atoms with van der Waals surface area (Å²) < 4.78 is 25.2. The maximum absolute atomic E-state index is 13.7. The van der Waals surface area contributed by atoms with Gasteiger partial charge in [-0.25, -0.2) is 9.37 Å². The van der Waals surface area contributed by atoms with Crippen LogP contribution < -0.4 is 5.56 Å². The summed E-state index contributed by atoms with van der Waals surface area (Å²) in [6, 6.07) is 3.77. The zero-order valence-corrected chi connectivity index (χ0v) is 12.7. The number of nitrogens with zero attached hydrogens (tertiary/aromatic N) is 4. The van der Waals surface area contributed by atoms with Crippen molar-refractivity contribution in [2.24, 2.45) is 0 Å². The normalized spacial score (nSPS) is 12.7. The zero-order valence-electron chi connectivity index (χ0n) is 12.7. The van der Waals surface area contributed by atoms with E-state index in [1.54, 1.807) is 14.0 Å². The van der Waals surface area contributed by atoms with Crippen LogP contribution in [-0.2, 0) is 11.2 Å². The topological polar surface area (TPSA) is 83.0 Å². The molecule has 8 heteroatoms. The molecule has 2 heterocycles. The number of aromatic nitrogens is 4. The Morgan fingerprint density at radius 2 is 2.26 bits per heavy atom. The van der Waals surface area contributed by atoms with Gasteiger partial charge in [-0.15, -0.1) is 0 Å². The third-order valence-electron chi connectivity index (χ3n) is 3.55. The van der Waals surface area contributed by atoms with Gasteiger partial charge in [0.15, 0.2) is 5.82 Å². The number of methoxy groups -OCH3 is 1. The van der Waals surface area contributed by atoms with Crippen molar-refractivity contribution in [1.29, 1.82) is 0 Å². The van der Waals surface area contributed by atoms with E-state index in [0.717, 1.165) is 0 Å². The van der Waals surface area contributed by atoms with Gasteiger partial charge in [0.25, 0.3) is 5.56 Å². The molecule has 2 aromatic heterocycles. The van der Waals surface area contributed by atoms with Crippen molar-refractivity contribution in [2.75, 3.05) is 13.7 Å². The molecule has 3 rings (SSSR count). The van der Waals surface area contributed by atoms with Crippen LogP contribution >= 0.6 is 0 Å². The van der Waals surface area contributed by atoms with E-state index in [9.17, 15) is 9.18 Å². The van der Waals surface area contributed by atoms with Gasteiger partial charge >= 0.3 is 0 Å². The van der Waals surface area contributed by atoms with Crippen LogP contribution in [0.2, 0.25) is 0 Å². The minimum Gasteiger partial charge on any atom is -0.384 e. The van der Waals surface area contributed by atoms with Crippen LogP contribution in [0.25, 0.3) is 10.9 Å². The van der Waals surface area contributed by atoms with Crippen molar-refractivity contribution < 1.29 is 13.7 Å². The molecule has 0 amide bonds. The van der Waals surface area contributed by atoms with Crippen molar-refractivity contribution in [1.82, 2.24) is 19.7 Å². The summed E-state index contributed by atoms with van der Waals surface area (Å²) >= 11 is 0. The van der Waals surface area contributed by atoms with Gasteiger partial charge in [0.2, 0.25) is 5.89 Å². The van der Waals surface area contributed by atoms with Crippen molar-refractivity contribution in [3.8, 4) is 0 Å². The molecule has 0 aliphatic carbocycles. The highest BCUT2D eigenvalue weighted by molar-refractivity contribution is 5.77. The summed E-state index contributed by atoms with van der Waals surface area (Å²) in [7, 11) is 1.59. The molecule has 1 aromatic carbocycles. The molecule has 0 aliphatic heterocycles. The molecule has 0 radical (unpaired) electrons. The lowest BCUT2D eigenvalue weighted by molar-refractivity contribution is 0.199. The minimum absolute atomic E-state index is 0.0484. The number of fused-ring (bicyclic) bond motifs is 1. The Kier molecular flexibility index (Phi) is 4.16. The first-order valence-electron chi connectivity index (χ1n) is 7.08. The van der Waals surface area contributed by atoms with Crippen LogP contribution in [0.3, 0.4) is 0 Å². The van der Waals surface area contributed by atoms with Crippen molar-refractivity contribution in [3.63, 3.8) is 0 Å². The molecule has 0 bridgehead atoms. The number of halogens is 1. The molecule has 0 saturated carbocycles. The van der Waals surface area contributed by atoms with E-state index in [4.69, 9.17) is 9.26 Å². The average Bonchev–Trinajstić information content (AvgIpc) is 3.02. The summed E-state index contributed by atoms with van der Waals surface area (Å²) in [6.45, 7) is 2.21. The number of rotatable bonds is 5. The van der Waals surface area contributed by atoms with E-state index in [2.05, 4.69) is 15.1 Å². The van der Waals surface area contributed by atoms with E-state index >= 15 is 0 Å². The second-order valence-electron chi connectivity index (χ2n) is 5.06. The Labute approximate surface area is 130 Å². The smallest absolute Gasteiger partial charge is 0.262 e. The first-order chi connectivity index (χ1) is 11.1. The van der Waals surface area contributed by atoms with Gasteiger partial charge in [0, 0.05) is 13.5 Å². The third-order valence-corrected chi connectivity index (χ3v) is 3.55. The molecule has 23 heavy (non-hydrogen) atoms. The van der Waals surface area contributed by atoms with E-state index < -0.39 is 11.9 Å². The Balaban J connectivity index is 1.98. The van der Waals surface area contributed by atoms with Gasteiger partial charge in [-0.3, -0.25) is 9.36 Å². The molecule has 0 saturated heterocycles. The first-order valence-corrected chi connectivity index (χ1v) is 7.08. The molecule has 7 nitrogen and oxygen atoms in total. The molecule has 3 aromatic rings. The first kappa shape index (κ1) is 15.3. The van der Waals surface area contributed by atoms with E-state index in [1.807, 2.05) is 0 Å². The van der Waals surface area contributed by atoms with Gasteiger partial charge < -0.3 is 9.26 Å². The third kappa shape index (κ3) is 2.85. The highest BCUT2D eigenvalue weighted by Gasteiger charge is 2.19. The fourth-order valence-electron chi connectivity index (χ4n) is 2.26. The van der Waals surface area contributed by atoms with Crippen molar-refractivity contribution in [3.05, 3.63) is 52.4 Å². The highest BCUT2D eigenvalue weighted by atomic mass is 19.1. The molecular weight excluding hydrogens is 303 g/mol. The standard InChI is InChI=1S/C15H15FN4O3/c1-9(14-18-12(19-23-14)6-7-22-2)20-8-17-13-10(15(20)21)4-3-5-11(13)16/h3-5,8-9H,6-7H2,1-2H3/t9-/m1/s1. The summed E-state index contributed by atoms with van der Waals surface area (Å²) in [5.74, 6) is 0.261. The van der Waals surface area contributed by atoms with Crippen molar-refractivity contribution >= 4 is 10.9 Å². The Hall–Kier alpha value is -2.61. The number of hydrogen-bond donors (Lipinski definition) is 0. The summed E-state index contributed by atoms with van der Waals surface area (Å²) in [6.07, 6.45) is 1.81. The number of hydrogen-bond acceptors (Lipinski definition) is 6. The number of para-hydroxylation sites is 1. The molecule has 120 valence electrons. The monoisotopic (exact) mass is 318 g/mol. The highest BCUT2D eigenvalue weighted by Crippen LogP contribution is 2.16. The van der Waals surface area contributed by atoms with Crippen LogP contribution in [0.15, 0.2) is 33.8 Å². The van der Waals surface area contributed by atoms with E-state index in [1.165, 1.54) is 29.1 Å². The Morgan fingerprint density at radius 1 is 1.43 bits per heavy atom. The second kappa shape index (κ2) is 6.25. The molecule has 0 N–H and O–H groups in total. The van der Waals surface area contributed by atoms with E-state index in [-0.39, 0.29) is 22.4 Å². The molecular formula is C15H15FN4O3. The SMILES string of the molecule is COCCc1noc([C@@H](C)n2cnc3c(F)cccc3c2=O)n1. The fraction of sp³-hybridized carbons (Fsp3) is 0.333. The predicted molar refractivity (Wildman–Crippen MR) is 79.7 cm³/mol. The maximum atomic E-state index is 13.7. The van der Waals surface area contributed by atoms with Gasteiger partial charge in [-0.05, 0) is 19.1 Å². The molecule has 0 spiro atoms.